The van der Waals surface area contributed by atoms with Gasteiger partial charge in [0.25, 0.3) is 0 Å². The van der Waals surface area contributed by atoms with Crippen molar-refractivity contribution in [3.8, 4) is 11.8 Å². The molecule has 0 radical (unpaired) electrons. The maximum absolute atomic E-state index is 14.1. The largest absolute Gasteiger partial charge is 0.465 e. The molecule has 1 saturated heterocycles. The lowest BCUT2D eigenvalue weighted by molar-refractivity contribution is -0.139. The predicted octanol–water partition coefficient (Wildman–Crippen LogP) is 4.73. The van der Waals surface area contributed by atoms with Gasteiger partial charge in [-0.2, -0.15) is 0 Å². The first kappa shape index (κ1) is 28.2. The second kappa shape index (κ2) is 12.2. The molecule has 0 aromatic carbocycles. The van der Waals surface area contributed by atoms with Crippen LogP contribution in [0, 0.1) is 29.1 Å². The molecule has 198 valence electrons. The first-order valence-corrected chi connectivity index (χ1v) is 13.8. The van der Waals surface area contributed by atoms with Crippen molar-refractivity contribution < 1.29 is 23.9 Å². The van der Waals surface area contributed by atoms with Gasteiger partial charge in [-0.15, -0.1) is 11.3 Å². The number of rotatable bonds is 6. The average molecular weight is 517 g/mol. The molecule has 1 atom stereocenters. The Morgan fingerprint density at radius 2 is 1.83 bits per heavy atom. The maximum atomic E-state index is 14.1. The highest BCUT2D eigenvalue weighted by atomic mass is 32.1. The van der Waals surface area contributed by atoms with Gasteiger partial charge in [-0.3, -0.25) is 14.5 Å². The van der Waals surface area contributed by atoms with Crippen molar-refractivity contribution in [2.45, 2.75) is 72.8 Å². The lowest BCUT2D eigenvalue weighted by Crippen LogP contribution is -2.55. The molecule has 0 unspecified atom stereocenters. The highest BCUT2D eigenvalue weighted by Crippen LogP contribution is 2.37. The fourth-order valence-corrected chi connectivity index (χ4v) is 5.64. The van der Waals surface area contributed by atoms with Gasteiger partial charge in [0.15, 0.2) is 0 Å². The quantitative estimate of drug-likeness (QED) is 0.404. The number of ether oxygens (including phenoxy) is 2. The number of esters is 1. The number of amides is 2. The molecule has 0 bridgehead atoms. The molecule has 0 spiro atoms. The summed E-state index contributed by atoms with van der Waals surface area (Å²) in [5, 5.41) is 0. The van der Waals surface area contributed by atoms with E-state index in [2.05, 4.69) is 18.8 Å². The number of morpholine rings is 1. The van der Waals surface area contributed by atoms with Crippen molar-refractivity contribution in [3.05, 3.63) is 15.8 Å². The molecule has 2 amide bonds. The number of carbonyl (C=O) groups is 3. The van der Waals surface area contributed by atoms with Gasteiger partial charge >= 0.3 is 5.97 Å². The summed E-state index contributed by atoms with van der Waals surface area (Å²) in [6.07, 6.45) is 3.97. The van der Waals surface area contributed by atoms with Crippen molar-refractivity contribution in [1.82, 2.24) is 4.90 Å². The van der Waals surface area contributed by atoms with E-state index in [-0.39, 0.29) is 23.1 Å². The van der Waals surface area contributed by atoms with Gasteiger partial charge in [0.1, 0.15) is 10.9 Å². The molecule has 1 aromatic rings. The first-order chi connectivity index (χ1) is 17.1. The Hall–Kier alpha value is -2.37. The van der Waals surface area contributed by atoms with Crippen LogP contribution in [-0.2, 0) is 19.1 Å². The monoisotopic (exact) mass is 516 g/mol. The molecule has 1 saturated carbocycles. The molecular formula is C28H40N2O5S. The predicted molar refractivity (Wildman–Crippen MR) is 142 cm³/mol. The Bertz CT molecular complexity index is 1000. The van der Waals surface area contributed by atoms with Crippen LogP contribution >= 0.6 is 11.3 Å². The smallest absolute Gasteiger partial charge is 0.350 e. The normalized spacial score (nSPS) is 21.2. The Labute approximate surface area is 219 Å². The molecule has 36 heavy (non-hydrogen) atoms. The van der Waals surface area contributed by atoms with E-state index in [1.807, 2.05) is 27.7 Å². The van der Waals surface area contributed by atoms with Gasteiger partial charge in [-0.05, 0) is 64.9 Å². The zero-order valence-corrected chi connectivity index (χ0v) is 23.3. The summed E-state index contributed by atoms with van der Waals surface area (Å²) in [6.45, 7) is 12.1. The molecule has 1 aliphatic carbocycles. The Morgan fingerprint density at radius 3 is 2.39 bits per heavy atom. The van der Waals surface area contributed by atoms with Gasteiger partial charge in [-0.25, -0.2) is 4.79 Å². The summed E-state index contributed by atoms with van der Waals surface area (Å²) in [5.74, 6) is 6.06. The van der Waals surface area contributed by atoms with E-state index in [4.69, 9.17) is 9.47 Å². The second-order valence-electron chi connectivity index (χ2n) is 10.8. The number of hydrogen-bond acceptors (Lipinski definition) is 6. The number of hydrogen-bond donors (Lipinski definition) is 0. The molecule has 2 fully saturated rings. The minimum Gasteiger partial charge on any atom is -0.465 e. The van der Waals surface area contributed by atoms with Gasteiger partial charge < -0.3 is 14.4 Å². The third-order valence-electron chi connectivity index (χ3n) is 6.81. The second-order valence-corrected chi connectivity index (χ2v) is 11.9. The van der Waals surface area contributed by atoms with E-state index in [0.29, 0.717) is 54.1 Å². The third-order valence-corrected chi connectivity index (χ3v) is 7.83. The summed E-state index contributed by atoms with van der Waals surface area (Å²) in [4.78, 5) is 45.1. The van der Waals surface area contributed by atoms with Crippen molar-refractivity contribution in [3.63, 3.8) is 0 Å². The molecule has 7 nitrogen and oxygen atoms in total. The number of thiophene rings is 1. The topological polar surface area (TPSA) is 76.2 Å². The van der Waals surface area contributed by atoms with E-state index in [1.165, 1.54) is 18.4 Å². The minimum atomic E-state index is -0.712. The van der Waals surface area contributed by atoms with Crippen molar-refractivity contribution in [2.24, 2.45) is 17.3 Å². The Balaban J connectivity index is 2.09. The van der Waals surface area contributed by atoms with Crippen LogP contribution in [0.4, 0.5) is 5.69 Å². The molecule has 1 aromatic heterocycles. The minimum absolute atomic E-state index is 0.0892. The van der Waals surface area contributed by atoms with Gasteiger partial charge in [-0.1, -0.05) is 25.7 Å². The van der Waals surface area contributed by atoms with Crippen LogP contribution in [-0.4, -0.2) is 62.1 Å². The Morgan fingerprint density at radius 1 is 1.19 bits per heavy atom. The highest BCUT2D eigenvalue weighted by Gasteiger charge is 2.39. The van der Waals surface area contributed by atoms with E-state index >= 15 is 0 Å². The standard InChI is InChI=1S/C28H40N2O5S/c1-7-22(26(32)29-14-16-35-17-15-29)30(25(31)20-10-8-19(2)9-11-20)23-18-21(12-13-28(3,4)5)36-24(23)27(33)34-6/h18-20,22H,7-11,14-17H2,1-6H3/t19?,20?,22-/m1/s1. The van der Waals surface area contributed by atoms with Crippen LogP contribution in [0.3, 0.4) is 0 Å². The third kappa shape index (κ3) is 6.89. The van der Waals surface area contributed by atoms with Crippen LogP contribution < -0.4 is 4.90 Å². The number of nitrogens with zero attached hydrogens (tertiary/aromatic N) is 2. The number of anilines is 1. The zero-order valence-electron chi connectivity index (χ0n) is 22.5. The van der Waals surface area contributed by atoms with Crippen LogP contribution in [0.15, 0.2) is 6.07 Å². The fourth-order valence-electron chi connectivity index (χ4n) is 4.72. The lowest BCUT2D eigenvalue weighted by Gasteiger charge is -2.38. The molecule has 1 aliphatic heterocycles. The molecule has 2 heterocycles. The maximum Gasteiger partial charge on any atom is 0.350 e. The molecule has 2 aliphatic rings. The summed E-state index contributed by atoms with van der Waals surface area (Å²) in [6, 6.07) is 1.07. The average Bonchev–Trinajstić information content (AvgIpc) is 3.29. The number of carbonyl (C=O) groups excluding carboxylic acids is 3. The summed E-state index contributed by atoms with van der Waals surface area (Å²) < 4.78 is 10.5. The molecule has 8 heteroatoms. The van der Waals surface area contributed by atoms with Crippen LogP contribution in [0.5, 0.6) is 0 Å². The van der Waals surface area contributed by atoms with E-state index in [0.717, 1.165) is 25.7 Å². The van der Waals surface area contributed by atoms with Gasteiger partial charge in [0, 0.05) is 24.4 Å². The fraction of sp³-hybridized carbons (Fsp3) is 0.679. The van der Waals surface area contributed by atoms with Crippen molar-refractivity contribution >= 4 is 34.8 Å². The van der Waals surface area contributed by atoms with Gasteiger partial charge in [0.05, 0.1) is 30.9 Å². The molecule has 0 N–H and O–H groups in total. The van der Waals surface area contributed by atoms with E-state index in [9.17, 15) is 14.4 Å². The molecule has 3 rings (SSSR count). The first-order valence-electron chi connectivity index (χ1n) is 13.0. The SMILES string of the molecule is CC[C@H](C(=O)N1CCOCC1)N(C(=O)C1CCC(C)CC1)c1cc(C#CC(C)(C)C)sc1C(=O)OC. The van der Waals surface area contributed by atoms with Gasteiger partial charge in [0.2, 0.25) is 11.8 Å². The molecular weight excluding hydrogens is 476 g/mol. The van der Waals surface area contributed by atoms with Crippen LogP contribution in [0.1, 0.15) is 81.3 Å². The van der Waals surface area contributed by atoms with Crippen molar-refractivity contribution in [1.29, 1.82) is 0 Å². The summed E-state index contributed by atoms with van der Waals surface area (Å²) in [7, 11) is 1.33. The highest BCUT2D eigenvalue weighted by molar-refractivity contribution is 7.15. The number of methoxy groups -OCH3 is 1. The lowest BCUT2D eigenvalue weighted by atomic mass is 9.82. The zero-order chi connectivity index (χ0) is 26.5. The van der Waals surface area contributed by atoms with E-state index < -0.39 is 12.0 Å². The van der Waals surface area contributed by atoms with E-state index in [1.54, 1.807) is 15.9 Å². The van der Waals surface area contributed by atoms with Crippen LogP contribution in [0.25, 0.3) is 0 Å². The van der Waals surface area contributed by atoms with Crippen LogP contribution in [0.2, 0.25) is 0 Å². The summed E-state index contributed by atoms with van der Waals surface area (Å²) in [5.41, 5.74) is 0.212. The Kier molecular flexibility index (Phi) is 9.59. The summed E-state index contributed by atoms with van der Waals surface area (Å²) >= 11 is 1.21. The van der Waals surface area contributed by atoms with Crippen molar-refractivity contribution in [2.75, 3.05) is 38.3 Å².